The summed E-state index contributed by atoms with van der Waals surface area (Å²) in [5.41, 5.74) is -1.68. The maximum atomic E-state index is 13.6. The van der Waals surface area contributed by atoms with Crippen LogP contribution >= 0.6 is 11.6 Å². The molecule has 1 saturated heterocycles. The van der Waals surface area contributed by atoms with Crippen LogP contribution in [0.4, 0.5) is 18.9 Å². The Bertz CT molecular complexity index is 1410. The van der Waals surface area contributed by atoms with Crippen LogP contribution in [0.3, 0.4) is 0 Å². The molecule has 2 aromatic rings. The first kappa shape index (κ1) is 28.8. The highest BCUT2D eigenvalue weighted by molar-refractivity contribution is 7.92. The molecule has 0 aromatic heterocycles. The molecular weight excluding hydrogens is 573 g/mol. The van der Waals surface area contributed by atoms with Crippen molar-refractivity contribution in [3.63, 3.8) is 0 Å². The van der Waals surface area contributed by atoms with Gasteiger partial charge in [-0.25, -0.2) is 21.6 Å². The van der Waals surface area contributed by atoms with E-state index < -0.39 is 44.0 Å². The van der Waals surface area contributed by atoms with Gasteiger partial charge in [0.2, 0.25) is 5.91 Å². The van der Waals surface area contributed by atoms with E-state index in [2.05, 4.69) is 10.6 Å². The van der Waals surface area contributed by atoms with Gasteiger partial charge < -0.3 is 20.5 Å². The van der Waals surface area contributed by atoms with Gasteiger partial charge >= 0.3 is 0 Å². The number of sulfone groups is 1. The molecule has 0 radical (unpaired) electrons. The predicted octanol–water partition coefficient (Wildman–Crippen LogP) is 3.86. The quantitative estimate of drug-likeness (QED) is 0.415. The topological polar surface area (TPSA) is 122 Å². The number of ether oxygens (including phenoxy) is 1. The van der Waals surface area contributed by atoms with Gasteiger partial charge in [-0.05, 0) is 62.1 Å². The lowest BCUT2D eigenvalue weighted by atomic mass is 9.53. The third-order valence-corrected chi connectivity index (χ3v) is 11.1. The zero-order valence-electron chi connectivity index (χ0n) is 21.3. The number of hydrogen-bond donors (Lipinski definition) is 3. The van der Waals surface area contributed by atoms with Crippen molar-refractivity contribution in [2.75, 3.05) is 25.1 Å². The van der Waals surface area contributed by atoms with E-state index in [1.807, 2.05) is 0 Å². The summed E-state index contributed by atoms with van der Waals surface area (Å²) in [6, 6.07) is 4.78. The molecule has 6 rings (SSSR count). The molecule has 40 heavy (non-hydrogen) atoms. The maximum Gasteiger partial charge on any atom is 0.255 e. The minimum absolute atomic E-state index is 0.0479. The van der Waals surface area contributed by atoms with E-state index >= 15 is 0 Å². The average Bonchev–Trinajstić information content (AvgIpc) is 2.94. The number of fused-ring (bicyclic) bond motifs is 2. The Labute approximate surface area is 234 Å². The molecule has 2 aromatic carbocycles. The Kier molecular flexibility index (Phi) is 7.90. The Morgan fingerprint density at radius 2 is 1.65 bits per heavy atom. The van der Waals surface area contributed by atoms with Gasteiger partial charge in [-0.1, -0.05) is 11.6 Å². The first-order chi connectivity index (χ1) is 18.9. The summed E-state index contributed by atoms with van der Waals surface area (Å²) in [6.07, 6.45) is 2.18. The number of nitrogens with one attached hydrogen (secondary N) is 2. The second-order valence-electron chi connectivity index (χ2n) is 10.7. The summed E-state index contributed by atoms with van der Waals surface area (Å²) in [6.45, 7) is 1.08. The number of carbonyl (C=O) groups is 2. The van der Waals surface area contributed by atoms with Crippen LogP contribution in [0.15, 0.2) is 35.2 Å². The molecule has 13 heteroatoms. The summed E-state index contributed by atoms with van der Waals surface area (Å²) in [5.74, 6) is -6.53. The zero-order chi connectivity index (χ0) is 28.8. The van der Waals surface area contributed by atoms with Crippen molar-refractivity contribution in [1.82, 2.24) is 5.32 Å². The molecule has 2 unspecified atom stereocenters. The van der Waals surface area contributed by atoms with Crippen LogP contribution in [0.2, 0.25) is 5.02 Å². The van der Waals surface area contributed by atoms with Crippen molar-refractivity contribution in [3.05, 3.63) is 58.4 Å². The molecule has 2 amide bonds. The standard InChI is InChI=1S/C27H28ClF3N2O6S/c28-20-2-1-15(26(35)33-18-11-21(29)24(31)22(30)12-18)7-23(20)40(37,38)19-9-16-8-17(10-19)27(16,36)13-32-25(34)14-3-5-39-6-4-14/h1-2,7,11-12,14,16-17,19,36H,3-6,8-10,13H2,(H,32,34)(H,33,35). The highest BCUT2D eigenvalue weighted by Gasteiger charge is 2.60. The first-order valence-electron chi connectivity index (χ1n) is 13.0. The summed E-state index contributed by atoms with van der Waals surface area (Å²) >= 11 is 6.23. The van der Waals surface area contributed by atoms with E-state index in [-0.39, 0.29) is 64.2 Å². The minimum atomic E-state index is -4.04. The van der Waals surface area contributed by atoms with Crippen LogP contribution in [-0.2, 0) is 19.4 Å². The molecule has 4 fully saturated rings. The molecule has 2 atom stereocenters. The highest BCUT2D eigenvalue weighted by Crippen LogP contribution is 2.55. The van der Waals surface area contributed by atoms with E-state index in [4.69, 9.17) is 16.3 Å². The van der Waals surface area contributed by atoms with Crippen molar-refractivity contribution >= 4 is 38.9 Å². The smallest absolute Gasteiger partial charge is 0.255 e. The lowest BCUT2D eigenvalue weighted by molar-refractivity contribution is -0.174. The molecule has 3 saturated carbocycles. The summed E-state index contributed by atoms with van der Waals surface area (Å²) in [5, 5.41) is 15.4. The van der Waals surface area contributed by atoms with Gasteiger partial charge in [0.25, 0.3) is 5.91 Å². The average molecular weight is 601 g/mol. The molecule has 3 N–H and O–H groups in total. The SMILES string of the molecule is O=C(Nc1cc(F)c(F)c(F)c1)c1ccc(Cl)c(S(=O)(=O)C2CC3CC(C2)C3(O)CNC(=O)C2CCOCC2)c1. The van der Waals surface area contributed by atoms with Crippen LogP contribution in [0, 0.1) is 35.2 Å². The largest absolute Gasteiger partial charge is 0.387 e. The summed E-state index contributed by atoms with van der Waals surface area (Å²) < 4.78 is 72.8. The fourth-order valence-corrected chi connectivity index (χ4v) is 8.41. The summed E-state index contributed by atoms with van der Waals surface area (Å²) in [7, 11) is -4.04. The number of hydrogen-bond acceptors (Lipinski definition) is 6. The van der Waals surface area contributed by atoms with Crippen molar-refractivity contribution in [1.29, 1.82) is 0 Å². The van der Waals surface area contributed by atoms with E-state index in [1.165, 1.54) is 12.1 Å². The second-order valence-corrected chi connectivity index (χ2v) is 13.3. The number of halogens is 4. The number of rotatable bonds is 7. The number of anilines is 1. The number of amides is 2. The van der Waals surface area contributed by atoms with Gasteiger partial charge in [0.05, 0.1) is 20.8 Å². The van der Waals surface area contributed by atoms with Gasteiger partial charge in [0.15, 0.2) is 27.3 Å². The Balaban J connectivity index is 1.27. The third-order valence-electron chi connectivity index (χ3n) is 8.40. The monoisotopic (exact) mass is 600 g/mol. The van der Waals surface area contributed by atoms with Crippen molar-refractivity contribution in [2.45, 2.75) is 47.9 Å². The fraction of sp³-hybridized carbons (Fsp3) is 0.481. The number of carbonyl (C=O) groups excluding carboxylic acids is 2. The molecule has 3 aliphatic carbocycles. The highest BCUT2D eigenvalue weighted by atomic mass is 35.5. The van der Waals surface area contributed by atoms with Gasteiger partial charge in [-0.15, -0.1) is 0 Å². The van der Waals surface area contributed by atoms with Gasteiger partial charge in [0.1, 0.15) is 0 Å². The molecule has 2 bridgehead atoms. The van der Waals surface area contributed by atoms with E-state index in [0.717, 1.165) is 6.07 Å². The number of aliphatic hydroxyl groups is 1. The van der Waals surface area contributed by atoms with E-state index in [1.54, 1.807) is 0 Å². The third kappa shape index (κ3) is 5.34. The lowest BCUT2D eigenvalue weighted by Gasteiger charge is -2.58. The van der Waals surface area contributed by atoms with Gasteiger partial charge in [0, 0.05) is 49.1 Å². The fourth-order valence-electron chi connectivity index (χ4n) is 6.00. The van der Waals surface area contributed by atoms with Gasteiger partial charge in [-0.3, -0.25) is 9.59 Å². The second kappa shape index (κ2) is 11.0. The molecule has 8 nitrogen and oxygen atoms in total. The normalized spacial score (nSPS) is 26.6. The molecular formula is C27H28ClF3N2O6S. The Morgan fingerprint density at radius 1 is 1.02 bits per heavy atom. The maximum absolute atomic E-state index is 13.6. The minimum Gasteiger partial charge on any atom is -0.387 e. The molecule has 4 aliphatic rings. The first-order valence-corrected chi connectivity index (χ1v) is 14.9. The molecule has 216 valence electrons. The van der Waals surface area contributed by atoms with Crippen LogP contribution in [0.25, 0.3) is 0 Å². The van der Waals surface area contributed by atoms with Gasteiger partial charge in [-0.2, -0.15) is 0 Å². The van der Waals surface area contributed by atoms with E-state index in [0.29, 0.717) is 44.6 Å². The van der Waals surface area contributed by atoms with Crippen LogP contribution in [0.5, 0.6) is 0 Å². The van der Waals surface area contributed by atoms with Crippen LogP contribution < -0.4 is 10.6 Å². The van der Waals surface area contributed by atoms with Crippen molar-refractivity contribution < 1.29 is 41.0 Å². The Hall–Kier alpha value is -2.67. The number of benzene rings is 2. The van der Waals surface area contributed by atoms with Crippen LogP contribution in [-0.4, -0.2) is 55.9 Å². The summed E-state index contributed by atoms with van der Waals surface area (Å²) in [4.78, 5) is 25.0. The van der Waals surface area contributed by atoms with Crippen molar-refractivity contribution in [3.8, 4) is 0 Å². The van der Waals surface area contributed by atoms with Crippen LogP contribution in [0.1, 0.15) is 42.5 Å². The lowest BCUT2D eigenvalue weighted by Crippen LogP contribution is -2.66. The predicted molar refractivity (Wildman–Crippen MR) is 139 cm³/mol. The molecule has 1 heterocycles. The van der Waals surface area contributed by atoms with E-state index in [9.17, 15) is 36.3 Å². The molecule has 1 aliphatic heterocycles. The van der Waals surface area contributed by atoms with Crippen molar-refractivity contribution in [2.24, 2.45) is 17.8 Å². The Morgan fingerprint density at radius 3 is 2.27 bits per heavy atom. The zero-order valence-corrected chi connectivity index (χ0v) is 22.8. The molecule has 0 spiro atoms.